The molecule has 1 unspecified atom stereocenters. The average molecular weight is 244 g/mol. The van der Waals surface area contributed by atoms with Gasteiger partial charge in [0.2, 0.25) is 0 Å². The number of benzene rings is 1. The van der Waals surface area contributed by atoms with Crippen molar-refractivity contribution in [1.29, 1.82) is 0 Å². The summed E-state index contributed by atoms with van der Waals surface area (Å²) in [4.78, 5) is 1.27. The highest BCUT2D eigenvalue weighted by Gasteiger charge is 2.17. The predicted molar refractivity (Wildman–Crippen MR) is 72.0 cm³/mol. The van der Waals surface area contributed by atoms with Crippen LogP contribution in [-0.2, 0) is 12.8 Å². The molecular weight excluding hydrogens is 228 g/mol. The van der Waals surface area contributed by atoms with Gasteiger partial charge in [0.25, 0.3) is 0 Å². The average Bonchev–Trinajstić information content (AvgIpc) is 2.99. The lowest BCUT2D eigenvalue weighted by Crippen LogP contribution is -2.28. The number of nitrogens with one attached hydrogen (secondary N) is 1. The second-order valence-electron chi connectivity index (χ2n) is 4.50. The van der Waals surface area contributed by atoms with Crippen LogP contribution in [0.1, 0.15) is 34.0 Å². The molecule has 17 heavy (non-hydrogen) atoms. The van der Waals surface area contributed by atoms with Gasteiger partial charge in [-0.05, 0) is 47.4 Å². The quantitative estimate of drug-likeness (QED) is 0.643. The summed E-state index contributed by atoms with van der Waals surface area (Å²) in [6.45, 7) is 0. The molecule has 0 fully saturated rings. The molecule has 0 amide bonds. The summed E-state index contributed by atoms with van der Waals surface area (Å²) >= 11 is 1.74. The molecule has 2 nitrogen and oxygen atoms in total. The zero-order valence-corrected chi connectivity index (χ0v) is 10.5. The molecule has 3 rings (SSSR count). The lowest BCUT2D eigenvalue weighted by atomic mass is 10.0. The minimum atomic E-state index is 0.126. The third-order valence-electron chi connectivity index (χ3n) is 3.45. The predicted octanol–water partition coefficient (Wildman–Crippen LogP) is 2.79. The van der Waals surface area contributed by atoms with Gasteiger partial charge < -0.3 is 0 Å². The minimum Gasteiger partial charge on any atom is -0.271 e. The van der Waals surface area contributed by atoms with Crippen LogP contribution in [0, 0.1) is 0 Å². The van der Waals surface area contributed by atoms with Crippen molar-refractivity contribution in [3.8, 4) is 0 Å². The van der Waals surface area contributed by atoms with E-state index in [9.17, 15) is 0 Å². The summed E-state index contributed by atoms with van der Waals surface area (Å²) < 4.78 is 0. The summed E-state index contributed by atoms with van der Waals surface area (Å²) in [6.07, 6.45) is 3.73. The van der Waals surface area contributed by atoms with Crippen molar-refractivity contribution in [3.05, 3.63) is 57.3 Å². The van der Waals surface area contributed by atoms with Gasteiger partial charge in [0.05, 0.1) is 6.04 Å². The third-order valence-corrected chi connectivity index (χ3v) is 4.39. The second kappa shape index (κ2) is 4.61. The fourth-order valence-electron chi connectivity index (χ4n) is 2.57. The maximum Gasteiger partial charge on any atom is 0.0802 e. The highest BCUT2D eigenvalue weighted by molar-refractivity contribution is 7.10. The van der Waals surface area contributed by atoms with Crippen LogP contribution < -0.4 is 11.3 Å². The first kappa shape index (κ1) is 11.0. The fraction of sp³-hybridized carbons (Fsp3) is 0.286. The highest BCUT2D eigenvalue weighted by atomic mass is 32.1. The zero-order chi connectivity index (χ0) is 11.7. The van der Waals surface area contributed by atoms with Crippen molar-refractivity contribution in [2.24, 2.45) is 5.84 Å². The van der Waals surface area contributed by atoms with Gasteiger partial charge in [0, 0.05) is 4.88 Å². The molecule has 1 aliphatic rings. The van der Waals surface area contributed by atoms with Gasteiger partial charge in [0.15, 0.2) is 0 Å². The lowest BCUT2D eigenvalue weighted by molar-refractivity contribution is 0.646. The molecule has 0 saturated heterocycles. The van der Waals surface area contributed by atoms with Gasteiger partial charge in [-0.25, -0.2) is 5.43 Å². The van der Waals surface area contributed by atoms with Crippen molar-refractivity contribution in [2.45, 2.75) is 25.3 Å². The number of nitrogens with two attached hydrogens (primary N) is 1. The van der Waals surface area contributed by atoms with Crippen LogP contribution in [0.2, 0.25) is 0 Å². The topological polar surface area (TPSA) is 38.0 Å². The minimum absolute atomic E-state index is 0.126. The van der Waals surface area contributed by atoms with Crippen LogP contribution >= 0.6 is 11.3 Å². The van der Waals surface area contributed by atoms with Crippen LogP contribution in [0.15, 0.2) is 35.7 Å². The number of thiophene rings is 1. The van der Waals surface area contributed by atoms with Gasteiger partial charge in [-0.3, -0.25) is 5.84 Å². The van der Waals surface area contributed by atoms with E-state index in [1.807, 2.05) is 0 Å². The Kier molecular flexibility index (Phi) is 2.97. The van der Waals surface area contributed by atoms with E-state index in [1.165, 1.54) is 40.8 Å². The molecule has 1 aliphatic carbocycles. The lowest BCUT2D eigenvalue weighted by Gasteiger charge is -2.16. The maximum atomic E-state index is 5.70. The molecule has 2 aromatic rings. The number of fused-ring (bicyclic) bond motifs is 1. The van der Waals surface area contributed by atoms with E-state index in [0.29, 0.717) is 0 Å². The first-order valence-electron chi connectivity index (χ1n) is 6.00. The van der Waals surface area contributed by atoms with Gasteiger partial charge in [-0.15, -0.1) is 11.3 Å². The van der Waals surface area contributed by atoms with E-state index in [4.69, 9.17) is 5.84 Å². The molecule has 0 aliphatic heterocycles. The van der Waals surface area contributed by atoms with Gasteiger partial charge in [-0.1, -0.05) is 24.3 Å². The van der Waals surface area contributed by atoms with Crippen LogP contribution in [-0.4, -0.2) is 0 Å². The summed E-state index contributed by atoms with van der Waals surface area (Å²) in [7, 11) is 0. The summed E-state index contributed by atoms with van der Waals surface area (Å²) in [6, 6.07) is 11.1. The Labute approximate surface area is 105 Å². The Hall–Kier alpha value is -1.16. The molecule has 88 valence electrons. The molecule has 0 bridgehead atoms. The van der Waals surface area contributed by atoms with Crippen LogP contribution in [0.25, 0.3) is 0 Å². The van der Waals surface area contributed by atoms with Crippen LogP contribution in [0.3, 0.4) is 0 Å². The largest absolute Gasteiger partial charge is 0.271 e. The van der Waals surface area contributed by atoms with Crippen molar-refractivity contribution >= 4 is 11.3 Å². The number of hydrogen-bond donors (Lipinski definition) is 2. The number of hydrogen-bond acceptors (Lipinski definition) is 3. The molecule has 1 aromatic carbocycles. The maximum absolute atomic E-state index is 5.70. The third kappa shape index (κ3) is 2.02. The zero-order valence-electron chi connectivity index (χ0n) is 9.65. The molecule has 1 heterocycles. The number of rotatable bonds is 3. The van der Waals surface area contributed by atoms with Gasteiger partial charge >= 0.3 is 0 Å². The smallest absolute Gasteiger partial charge is 0.0802 e. The second-order valence-corrected chi connectivity index (χ2v) is 5.48. The summed E-state index contributed by atoms with van der Waals surface area (Å²) in [5.74, 6) is 5.70. The first-order valence-corrected chi connectivity index (χ1v) is 6.87. The van der Waals surface area contributed by atoms with E-state index in [1.54, 1.807) is 11.3 Å². The van der Waals surface area contributed by atoms with E-state index in [2.05, 4.69) is 41.1 Å². The number of hydrazine groups is 1. The van der Waals surface area contributed by atoms with Gasteiger partial charge in [0.1, 0.15) is 0 Å². The highest BCUT2D eigenvalue weighted by Crippen LogP contribution is 2.29. The van der Waals surface area contributed by atoms with Crippen LogP contribution in [0.5, 0.6) is 0 Å². The van der Waals surface area contributed by atoms with Crippen molar-refractivity contribution in [2.75, 3.05) is 0 Å². The first-order chi connectivity index (χ1) is 8.38. The number of aryl methyl sites for hydroxylation is 2. The molecule has 1 atom stereocenters. The van der Waals surface area contributed by atoms with Crippen molar-refractivity contribution in [3.63, 3.8) is 0 Å². The van der Waals surface area contributed by atoms with E-state index in [-0.39, 0.29) is 6.04 Å². The van der Waals surface area contributed by atoms with E-state index in [0.717, 1.165) is 0 Å². The summed E-state index contributed by atoms with van der Waals surface area (Å²) in [5, 5.41) is 2.09. The van der Waals surface area contributed by atoms with Crippen molar-refractivity contribution < 1.29 is 0 Å². The molecular formula is C14H16N2S. The SMILES string of the molecule is NNC(c1ccc2c(c1)CCC2)c1cccs1. The summed E-state index contributed by atoms with van der Waals surface area (Å²) in [5.41, 5.74) is 7.21. The van der Waals surface area contributed by atoms with E-state index < -0.39 is 0 Å². The molecule has 0 spiro atoms. The Bertz CT molecular complexity index is 505. The fourth-order valence-corrected chi connectivity index (χ4v) is 3.38. The normalized spacial score (nSPS) is 15.8. The monoisotopic (exact) mass is 244 g/mol. The van der Waals surface area contributed by atoms with Crippen molar-refractivity contribution in [1.82, 2.24) is 5.43 Å². The van der Waals surface area contributed by atoms with E-state index >= 15 is 0 Å². The standard InChI is InChI=1S/C14H16N2S/c15-16-14(13-5-2-8-17-13)12-7-6-10-3-1-4-11(10)9-12/h2,5-9,14,16H,1,3-4,15H2. The van der Waals surface area contributed by atoms with Crippen LogP contribution in [0.4, 0.5) is 0 Å². The molecule has 3 N–H and O–H groups in total. The van der Waals surface area contributed by atoms with Gasteiger partial charge in [-0.2, -0.15) is 0 Å². The Morgan fingerprint density at radius 3 is 2.82 bits per heavy atom. The Morgan fingerprint density at radius 1 is 1.18 bits per heavy atom. The Morgan fingerprint density at radius 2 is 2.06 bits per heavy atom. The molecule has 3 heteroatoms. The molecule has 0 saturated carbocycles. The molecule has 1 aromatic heterocycles. The molecule has 0 radical (unpaired) electrons. The Balaban J connectivity index is 1.97.